The second-order valence-electron chi connectivity index (χ2n) is 9.41. The van der Waals surface area contributed by atoms with Gasteiger partial charge in [0.05, 0.1) is 24.9 Å². The van der Waals surface area contributed by atoms with Crippen LogP contribution in [0.3, 0.4) is 0 Å². The first kappa shape index (κ1) is 24.8. The number of aryl methyl sites for hydroxylation is 1. The number of Topliss-reactive ketones (excluding diaryl/α,β-unsaturated/α-hetero) is 1. The lowest BCUT2D eigenvalue weighted by atomic mass is 9.79. The van der Waals surface area contributed by atoms with Gasteiger partial charge in [0.15, 0.2) is 5.78 Å². The van der Waals surface area contributed by atoms with Crippen LogP contribution < -0.4 is 15.0 Å². The Hall–Kier alpha value is -3.91. The van der Waals surface area contributed by atoms with Crippen LogP contribution in [-0.4, -0.2) is 29.9 Å². The second kappa shape index (κ2) is 10.2. The molecule has 1 aromatic heterocycles. The van der Waals surface area contributed by atoms with Gasteiger partial charge in [0, 0.05) is 29.0 Å². The molecule has 37 heavy (non-hydrogen) atoms. The number of methoxy groups -OCH3 is 1. The Balaban J connectivity index is 1.64. The Kier molecular flexibility index (Phi) is 6.84. The molecule has 1 aliphatic heterocycles. The number of carbonyl (C=O) groups is 3. The molecule has 5 rings (SSSR count). The van der Waals surface area contributed by atoms with E-state index < -0.39 is 12.0 Å². The number of ketones is 1. The van der Waals surface area contributed by atoms with Gasteiger partial charge in [0.2, 0.25) is 5.91 Å². The molecule has 0 fully saturated rings. The molecule has 190 valence electrons. The van der Waals surface area contributed by atoms with Crippen LogP contribution in [-0.2, 0) is 14.4 Å². The number of carboxylic acid groups (broad SMARTS) is 1. The number of benzene rings is 2. The summed E-state index contributed by atoms with van der Waals surface area (Å²) in [4.78, 5) is 41.4. The fourth-order valence-electron chi connectivity index (χ4n) is 5.18. The average molecular weight is 517 g/mol. The van der Waals surface area contributed by atoms with E-state index in [1.807, 2.05) is 66.9 Å². The van der Waals surface area contributed by atoms with Crippen LogP contribution in [0.15, 0.2) is 71.2 Å². The van der Waals surface area contributed by atoms with E-state index in [-0.39, 0.29) is 30.4 Å². The number of amides is 1. The van der Waals surface area contributed by atoms with Crippen LogP contribution in [0.25, 0.3) is 0 Å². The van der Waals surface area contributed by atoms with Gasteiger partial charge >= 0.3 is 5.97 Å². The molecule has 7 nitrogen and oxygen atoms in total. The summed E-state index contributed by atoms with van der Waals surface area (Å²) in [7, 11) is 1.62. The molecule has 2 atom stereocenters. The van der Waals surface area contributed by atoms with E-state index in [1.54, 1.807) is 12.0 Å². The third-order valence-electron chi connectivity index (χ3n) is 6.96. The van der Waals surface area contributed by atoms with Gasteiger partial charge in [-0.25, -0.2) is 0 Å². The van der Waals surface area contributed by atoms with Crippen LogP contribution in [0.1, 0.15) is 53.6 Å². The summed E-state index contributed by atoms with van der Waals surface area (Å²) in [6.07, 6.45) is 0.497. The Morgan fingerprint density at radius 1 is 1.11 bits per heavy atom. The first-order valence-corrected chi connectivity index (χ1v) is 13.1. The number of aliphatic carboxylic acids is 1. The average Bonchev–Trinajstić information content (AvgIpc) is 3.37. The summed E-state index contributed by atoms with van der Waals surface area (Å²) in [5.74, 6) is -0.635. The minimum absolute atomic E-state index is 0.0168. The van der Waals surface area contributed by atoms with E-state index in [4.69, 9.17) is 4.74 Å². The maximum Gasteiger partial charge on any atom is 0.303 e. The lowest BCUT2D eigenvalue weighted by Gasteiger charge is -2.34. The van der Waals surface area contributed by atoms with Gasteiger partial charge in [-0.15, -0.1) is 11.3 Å². The molecule has 1 aliphatic carbocycles. The van der Waals surface area contributed by atoms with Crippen LogP contribution in [0.4, 0.5) is 11.4 Å². The summed E-state index contributed by atoms with van der Waals surface area (Å²) in [6.45, 7) is 1.95. The van der Waals surface area contributed by atoms with Gasteiger partial charge < -0.3 is 15.2 Å². The summed E-state index contributed by atoms with van der Waals surface area (Å²) in [6, 6.07) is 16.8. The van der Waals surface area contributed by atoms with Crippen molar-refractivity contribution < 1.29 is 24.2 Å². The third-order valence-corrected chi connectivity index (χ3v) is 7.88. The third kappa shape index (κ3) is 4.89. The monoisotopic (exact) mass is 516 g/mol. The lowest BCUT2D eigenvalue weighted by Crippen LogP contribution is -2.38. The van der Waals surface area contributed by atoms with Crippen LogP contribution in [0.5, 0.6) is 5.75 Å². The van der Waals surface area contributed by atoms with Crippen molar-refractivity contribution in [2.45, 2.75) is 44.6 Å². The molecule has 2 N–H and O–H groups in total. The molecule has 2 aliphatic rings. The molecule has 0 saturated carbocycles. The van der Waals surface area contributed by atoms with E-state index in [0.717, 1.165) is 33.1 Å². The highest BCUT2D eigenvalue weighted by molar-refractivity contribution is 7.10. The molecular weight excluding hydrogens is 488 g/mol. The summed E-state index contributed by atoms with van der Waals surface area (Å²) in [5.41, 5.74) is 4.77. The molecule has 2 aromatic carbocycles. The maximum atomic E-state index is 13.9. The van der Waals surface area contributed by atoms with Crippen molar-refractivity contribution in [2.75, 3.05) is 17.3 Å². The number of rotatable bonds is 6. The number of hydrogen-bond donors (Lipinski definition) is 2. The number of nitrogens with zero attached hydrogens (tertiary/aromatic N) is 1. The highest BCUT2D eigenvalue weighted by Gasteiger charge is 2.42. The predicted molar refractivity (Wildman–Crippen MR) is 143 cm³/mol. The normalized spacial score (nSPS) is 19.0. The molecule has 0 unspecified atom stereocenters. The van der Waals surface area contributed by atoms with Crippen molar-refractivity contribution in [3.63, 3.8) is 0 Å². The highest BCUT2D eigenvalue weighted by atomic mass is 32.1. The number of carboxylic acids is 1. The standard InChI is InChI=1S/C29H28N2O5S/c1-17-5-10-21-23(14-17)31(26(33)11-12-27(34)35)29(25-4-3-13-37-25)28-22(30-21)15-19(16-24(28)32)18-6-8-20(36-2)9-7-18/h3-10,13-14,19,29-30H,11-12,15-16H2,1-2H3,(H,34,35)/t19-,29-/m1/s1. The summed E-state index contributed by atoms with van der Waals surface area (Å²) in [5, 5.41) is 14.7. The number of hydrogen-bond acceptors (Lipinski definition) is 6. The first-order valence-electron chi connectivity index (χ1n) is 12.2. The predicted octanol–water partition coefficient (Wildman–Crippen LogP) is 5.83. The van der Waals surface area contributed by atoms with Crippen molar-refractivity contribution in [3.05, 3.63) is 87.3 Å². The highest BCUT2D eigenvalue weighted by Crippen LogP contribution is 2.48. The second-order valence-corrected chi connectivity index (χ2v) is 10.4. The molecular formula is C29H28N2O5S. The zero-order valence-electron chi connectivity index (χ0n) is 20.7. The topological polar surface area (TPSA) is 95.9 Å². The van der Waals surface area contributed by atoms with Crippen molar-refractivity contribution in [3.8, 4) is 5.75 Å². The molecule has 1 amide bonds. The quantitative estimate of drug-likeness (QED) is 0.428. The number of carbonyl (C=O) groups excluding carboxylic acids is 2. The number of allylic oxidation sites excluding steroid dienone is 1. The molecule has 8 heteroatoms. The lowest BCUT2D eigenvalue weighted by molar-refractivity contribution is -0.138. The zero-order chi connectivity index (χ0) is 26.1. The number of fused-ring (bicyclic) bond motifs is 1. The van der Waals surface area contributed by atoms with Gasteiger partial charge in [-0.1, -0.05) is 24.3 Å². The maximum absolute atomic E-state index is 13.9. The fraction of sp³-hybridized carbons (Fsp3) is 0.276. The summed E-state index contributed by atoms with van der Waals surface area (Å²) >= 11 is 1.48. The molecule has 2 heterocycles. The molecule has 0 radical (unpaired) electrons. The van der Waals surface area contributed by atoms with E-state index in [9.17, 15) is 19.5 Å². The smallest absolute Gasteiger partial charge is 0.303 e. The zero-order valence-corrected chi connectivity index (χ0v) is 21.5. The Bertz CT molecular complexity index is 1380. The Labute approximate surface area is 219 Å². The van der Waals surface area contributed by atoms with Gasteiger partial charge in [-0.2, -0.15) is 0 Å². The Morgan fingerprint density at radius 3 is 2.57 bits per heavy atom. The van der Waals surface area contributed by atoms with Crippen LogP contribution in [0.2, 0.25) is 0 Å². The summed E-state index contributed by atoms with van der Waals surface area (Å²) < 4.78 is 5.29. The van der Waals surface area contributed by atoms with Crippen molar-refractivity contribution in [1.29, 1.82) is 0 Å². The largest absolute Gasteiger partial charge is 0.497 e. The van der Waals surface area contributed by atoms with Crippen molar-refractivity contribution in [1.82, 2.24) is 0 Å². The minimum Gasteiger partial charge on any atom is -0.497 e. The van der Waals surface area contributed by atoms with Crippen LogP contribution in [0, 0.1) is 6.92 Å². The SMILES string of the molecule is COc1ccc([C@H]2CC(=O)C3=C(C2)Nc2ccc(C)cc2N(C(=O)CCC(=O)O)[C@@H]3c2cccs2)cc1. The number of ether oxygens (including phenoxy) is 1. The first-order chi connectivity index (χ1) is 17.9. The van der Waals surface area contributed by atoms with Gasteiger partial charge in [-0.05, 0) is 66.1 Å². The number of thiophene rings is 1. The van der Waals surface area contributed by atoms with Crippen LogP contribution >= 0.6 is 11.3 Å². The van der Waals surface area contributed by atoms with Crippen molar-refractivity contribution >= 4 is 40.4 Å². The number of anilines is 2. The van der Waals surface area contributed by atoms with E-state index in [1.165, 1.54) is 11.3 Å². The van der Waals surface area contributed by atoms with E-state index >= 15 is 0 Å². The minimum atomic E-state index is -1.03. The van der Waals surface area contributed by atoms with Crippen molar-refractivity contribution in [2.24, 2.45) is 0 Å². The van der Waals surface area contributed by atoms with E-state index in [2.05, 4.69) is 5.32 Å². The fourth-order valence-corrected chi connectivity index (χ4v) is 6.01. The van der Waals surface area contributed by atoms with Gasteiger partial charge in [-0.3, -0.25) is 19.3 Å². The van der Waals surface area contributed by atoms with Gasteiger partial charge in [0.1, 0.15) is 11.8 Å². The molecule has 3 aromatic rings. The molecule has 0 spiro atoms. The Morgan fingerprint density at radius 2 is 1.89 bits per heavy atom. The number of nitrogens with one attached hydrogen (secondary N) is 1. The van der Waals surface area contributed by atoms with Gasteiger partial charge in [0.25, 0.3) is 0 Å². The molecule has 0 bridgehead atoms. The molecule has 0 saturated heterocycles. The van der Waals surface area contributed by atoms with E-state index in [0.29, 0.717) is 24.1 Å².